The molecular formula is C20H29NO7. The van der Waals surface area contributed by atoms with Crippen molar-refractivity contribution in [1.82, 2.24) is 0 Å². The van der Waals surface area contributed by atoms with Gasteiger partial charge in [0.1, 0.15) is 0 Å². The van der Waals surface area contributed by atoms with Gasteiger partial charge in [-0.3, -0.25) is 14.4 Å². The fraction of sp³-hybridized carbons (Fsp3) is 0.650. The van der Waals surface area contributed by atoms with E-state index in [1.807, 2.05) is 0 Å². The van der Waals surface area contributed by atoms with Crippen molar-refractivity contribution in [2.45, 2.75) is 66.7 Å². The molecule has 28 heavy (non-hydrogen) atoms. The van der Waals surface area contributed by atoms with Gasteiger partial charge in [0.05, 0.1) is 12.5 Å². The lowest BCUT2D eigenvalue weighted by Crippen LogP contribution is -2.38. The van der Waals surface area contributed by atoms with Gasteiger partial charge in [-0.2, -0.15) is 0 Å². The van der Waals surface area contributed by atoms with Gasteiger partial charge in [0, 0.05) is 27.7 Å². The van der Waals surface area contributed by atoms with Crippen LogP contribution in [0, 0.1) is 21.4 Å². The van der Waals surface area contributed by atoms with Crippen molar-refractivity contribution in [3.05, 3.63) is 32.4 Å². The predicted octanol–water partition coefficient (Wildman–Crippen LogP) is 3.68. The number of ketones is 2. The smallest absolute Gasteiger partial charge is 0.307 e. The highest BCUT2D eigenvalue weighted by Gasteiger charge is 2.44. The molecule has 0 saturated carbocycles. The van der Waals surface area contributed by atoms with E-state index in [2.05, 4.69) is 4.84 Å². The summed E-state index contributed by atoms with van der Waals surface area (Å²) in [6, 6.07) is 0. The molecule has 0 amide bonds. The standard InChI is InChI=1S/C20H29NO7/c1-12-13(2)18(23)16(14(3)17(12)22)20(4,5)15(19(24)25)10-8-6-7-9-11-28-21(26)27/h15H,6-11H2,1-5H3,(H,24,25). The van der Waals surface area contributed by atoms with Crippen molar-refractivity contribution < 1.29 is 29.4 Å². The highest BCUT2D eigenvalue weighted by atomic mass is 16.9. The van der Waals surface area contributed by atoms with Gasteiger partial charge in [0.25, 0.3) is 5.09 Å². The lowest BCUT2D eigenvalue weighted by atomic mass is 9.65. The number of carbonyl (C=O) groups is 3. The fourth-order valence-electron chi connectivity index (χ4n) is 3.78. The van der Waals surface area contributed by atoms with Crippen LogP contribution in [0.25, 0.3) is 0 Å². The van der Waals surface area contributed by atoms with E-state index in [4.69, 9.17) is 0 Å². The number of Topliss-reactive ketones (excluding diaryl/α,β-unsaturated/α-hetero) is 2. The van der Waals surface area contributed by atoms with E-state index >= 15 is 0 Å². The lowest BCUT2D eigenvalue weighted by molar-refractivity contribution is -0.757. The molecule has 0 aliphatic heterocycles. The number of carboxylic acid groups (broad SMARTS) is 1. The maximum absolute atomic E-state index is 12.8. The van der Waals surface area contributed by atoms with Gasteiger partial charge in [0.15, 0.2) is 11.6 Å². The summed E-state index contributed by atoms with van der Waals surface area (Å²) in [6.07, 6.45) is 2.84. The summed E-state index contributed by atoms with van der Waals surface area (Å²) in [5.74, 6) is -2.31. The molecule has 0 aromatic heterocycles. The Hall–Kier alpha value is -2.51. The Balaban J connectivity index is 2.87. The van der Waals surface area contributed by atoms with E-state index in [1.54, 1.807) is 34.6 Å². The molecule has 1 rings (SSSR count). The Labute approximate surface area is 164 Å². The Morgan fingerprint density at radius 3 is 2.11 bits per heavy atom. The summed E-state index contributed by atoms with van der Waals surface area (Å²) in [4.78, 5) is 51.6. The highest BCUT2D eigenvalue weighted by Crippen LogP contribution is 2.43. The van der Waals surface area contributed by atoms with E-state index < -0.39 is 22.4 Å². The fourth-order valence-corrected chi connectivity index (χ4v) is 3.78. The van der Waals surface area contributed by atoms with E-state index in [9.17, 15) is 29.6 Å². The molecule has 1 N–H and O–H groups in total. The van der Waals surface area contributed by atoms with Crippen LogP contribution in [-0.4, -0.2) is 34.3 Å². The average molecular weight is 395 g/mol. The minimum absolute atomic E-state index is 0.0223. The molecule has 0 saturated heterocycles. The summed E-state index contributed by atoms with van der Waals surface area (Å²) >= 11 is 0. The van der Waals surface area contributed by atoms with Gasteiger partial charge in [0.2, 0.25) is 0 Å². The number of carboxylic acids is 1. The van der Waals surface area contributed by atoms with Crippen LogP contribution in [0.15, 0.2) is 22.3 Å². The number of aliphatic carboxylic acids is 1. The molecule has 1 atom stereocenters. The zero-order valence-electron chi connectivity index (χ0n) is 17.2. The van der Waals surface area contributed by atoms with Crippen molar-refractivity contribution in [2.75, 3.05) is 6.61 Å². The van der Waals surface area contributed by atoms with Crippen LogP contribution in [0.4, 0.5) is 0 Å². The van der Waals surface area contributed by atoms with E-state index in [-0.39, 0.29) is 23.7 Å². The van der Waals surface area contributed by atoms with Crippen molar-refractivity contribution in [3.8, 4) is 0 Å². The maximum atomic E-state index is 12.8. The first kappa shape index (κ1) is 23.5. The number of nitrogens with zero attached hydrogens (tertiary/aromatic N) is 1. The Morgan fingerprint density at radius 1 is 1.04 bits per heavy atom. The van der Waals surface area contributed by atoms with Gasteiger partial charge in [-0.1, -0.05) is 33.1 Å². The van der Waals surface area contributed by atoms with Gasteiger partial charge >= 0.3 is 5.97 Å². The van der Waals surface area contributed by atoms with Gasteiger partial charge in [-0.15, -0.1) is 10.1 Å². The minimum Gasteiger partial charge on any atom is -0.481 e. The largest absolute Gasteiger partial charge is 0.481 e. The van der Waals surface area contributed by atoms with Crippen LogP contribution in [0.2, 0.25) is 0 Å². The quantitative estimate of drug-likeness (QED) is 0.245. The van der Waals surface area contributed by atoms with E-state index in [0.717, 1.165) is 0 Å². The summed E-state index contributed by atoms with van der Waals surface area (Å²) in [6.45, 7) is 8.22. The minimum atomic E-state index is -1.01. The molecule has 0 bridgehead atoms. The number of allylic oxidation sites excluding steroid dienone is 4. The highest BCUT2D eigenvalue weighted by molar-refractivity contribution is 6.25. The first-order valence-corrected chi connectivity index (χ1v) is 9.41. The molecule has 1 unspecified atom stereocenters. The molecule has 0 radical (unpaired) electrons. The third kappa shape index (κ3) is 5.27. The van der Waals surface area contributed by atoms with Gasteiger partial charge in [-0.05, 0) is 33.6 Å². The van der Waals surface area contributed by atoms with Crippen molar-refractivity contribution in [1.29, 1.82) is 0 Å². The predicted molar refractivity (Wildman–Crippen MR) is 102 cm³/mol. The van der Waals surface area contributed by atoms with Crippen LogP contribution in [-0.2, 0) is 19.2 Å². The van der Waals surface area contributed by atoms with Crippen LogP contribution in [0.5, 0.6) is 0 Å². The number of rotatable bonds is 11. The molecule has 1 aliphatic carbocycles. The normalized spacial score (nSPS) is 16.5. The molecule has 1 aliphatic rings. The SMILES string of the molecule is CC1=C(C)C(=O)C(C(C)(C)C(CCCCCCO[N+](=O)[O-])C(=O)O)=C(C)C1=O. The second kappa shape index (κ2) is 9.61. The van der Waals surface area contributed by atoms with E-state index in [1.165, 1.54) is 0 Å². The second-order valence-corrected chi connectivity index (χ2v) is 7.78. The van der Waals surface area contributed by atoms with Crippen LogP contribution >= 0.6 is 0 Å². The average Bonchev–Trinajstić information content (AvgIpc) is 2.59. The van der Waals surface area contributed by atoms with Crippen LogP contribution in [0.1, 0.15) is 66.7 Å². The van der Waals surface area contributed by atoms with Crippen LogP contribution in [0.3, 0.4) is 0 Å². The Kier molecular flexibility index (Phi) is 8.08. The first-order chi connectivity index (χ1) is 12.9. The molecule has 0 heterocycles. The topological polar surface area (TPSA) is 124 Å². The number of unbranched alkanes of at least 4 members (excludes halogenated alkanes) is 3. The maximum Gasteiger partial charge on any atom is 0.307 e. The zero-order chi connectivity index (χ0) is 21.6. The number of carbonyl (C=O) groups excluding carboxylic acids is 2. The molecule has 156 valence electrons. The van der Waals surface area contributed by atoms with Gasteiger partial charge in [-0.25, -0.2) is 0 Å². The van der Waals surface area contributed by atoms with Gasteiger partial charge < -0.3 is 9.94 Å². The zero-order valence-corrected chi connectivity index (χ0v) is 17.2. The van der Waals surface area contributed by atoms with Crippen molar-refractivity contribution >= 4 is 17.5 Å². The summed E-state index contributed by atoms with van der Waals surface area (Å²) in [5, 5.41) is 19.0. The molecule has 0 aromatic carbocycles. The van der Waals surface area contributed by atoms with Crippen LogP contribution < -0.4 is 0 Å². The second-order valence-electron chi connectivity index (χ2n) is 7.78. The molecule has 8 nitrogen and oxygen atoms in total. The molecule has 8 heteroatoms. The Morgan fingerprint density at radius 2 is 1.57 bits per heavy atom. The van der Waals surface area contributed by atoms with E-state index in [0.29, 0.717) is 48.8 Å². The third-order valence-corrected chi connectivity index (χ3v) is 5.58. The van der Waals surface area contributed by atoms with Crippen molar-refractivity contribution in [2.24, 2.45) is 11.3 Å². The molecule has 0 fully saturated rings. The Bertz CT molecular complexity index is 731. The number of hydrogen-bond acceptors (Lipinski definition) is 6. The lowest BCUT2D eigenvalue weighted by Gasteiger charge is -2.36. The molecule has 0 aromatic rings. The summed E-state index contributed by atoms with van der Waals surface area (Å²) in [7, 11) is 0. The van der Waals surface area contributed by atoms with Crippen molar-refractivity contribution in [3.63, 3.8) is 0 Å². The molecule has 0 spiro atoms. The third-order valence-electron chi connectivity index (χ3n) is 5.58. The monoisotopic (exact) mass is 395 g/mol. The summed E-state index contributed by atoms with van der Waals surface area (Å²) in [5.41, 5.74) is 0.382. The molecular weight excluding hydrogens is 366 g/mol. The number of hydrogen-bond donors (Lipinski definition) is 1. The summed E-state index contributed by atoms with van der Waals surface area (Å²) < 4.78 is 0. The first-order valence-electron chi connectivity index (χ1n) is 9.41.